The summed E-state index contributed by atoms with van der Waals surface area (Å²) in [6.07, 6.45) is -0.129. The molecule has 4 aromatic rings. The summed E-state index contributed by atoms with van der Waals surface area (Å²) in [5.41, 5.74) is -1.08. The Morgan fingerprint density at radius 3 is 0.836 bits per heavy atom. The molecule has 5 rings (SSSR count). The van der Waals surface area contributed by atoms with Crippen LogP contribution in [0.25, 0.3) is 0 Å². The number of phenolic OH excluding ortho intramolecular Hbond substituents is 3. The van der Waals surface area contributed by atoms with Crippen LogP contribution in [0.4, 0.5) is 13.2 Å². The standard InChI is InChI=1S/C45H55F3O6S/c1-41(2,3)33-17-25-13-27-19-34(42(4,5)6)21-29(38(27)50)15-31-23-36(44(10,11)12)24-32(40(31)54-55(52,53)45(46,47)48)16-30-22-35(43(7,8)9)20-28(39(30)51)14-26(18-33)37(25)49/h17-24,49-51H,13-16H2,1-12H3. The average molecular weight is 781 g/mol. The molecule has 0 atom stereocenters. The Hall–Kier alpha value is -4.18. The van der Waals surface area contributed by atoms with E-state index in [-0.39, 0.29) is 59.5 Å². The Morgan fingerprint density at radius 2 is 0.636 bits per heavy atom. The average Bonchev–Trinajstić information content (AvgIpc) is 3.00. The second-order valence-corrected chi connectivity index (χ2v) is 20.8. The number of alkyl halides is 3. The van der Waals surface area contributed by atoms with Crippen molar-refractivity contribution in [3.8, 4) is 23.0 Å². The fourth-order valence-electron chi connectivity index (χ4n) is 6.92. The number of phenols is 3. The molecule has 0 radical (unpaired) electrons. The van der Waals surface area contributed by atoms with Crippen LogP contribution in [0, 0.1) is 0 Å². The number of hydrogen-bond donors (Lipinski definition) is 3. The highest BCUT2D eigenvalue weighted by molar-refractivity contribution is 7.88. The molecule has 0 aliphatic heterocycles. The summed E-state index contributed by atoms with van der Waals surface area (Å²) < 4.78 is 72.9. The van der Waals surface area contributed by atoms with Gasteiger partial charge in [0.2, 0.25) is 0 Å². The van der Waals surface area contributed by atoms with Crippen LogP contribution in [0.15, 0.2) is 48.5 Å². The predicted molar refractivity (Wildman–Crippen MR) is 212 cm³/mol. The minimum Gasteiger partial charge on any atom is -0.507 e. The van der Waals surface area contributed by atoms with Crippen LogP contribution in [0.2, 0.25) is 0 Å². The summed E-state index contributed by atoms with van der Waals surface area (Å²) in [5.74, 6) is -0.698. The van der Waals surface area contributed by atoms with E-state index in [0.29, 0.717) is 38.9 Å². The van der Waals surface area contributed by atoms with Gasteiger partial charge in [-0.3, -0.25) is 0 Å². The van der Waals surface area contributed by atoms with Crippen LogP contribution in [0.1, 0.15) is 150 Å². The lowest BCUT2D eigenvalue weighted by atomic mass is 9.79. The Balaban J connectivity index is 1.97. The van der Waals surface area contributed by atoms with Gasteiger partial charge in [0.25, 0.3) is 0 Å². The zero-order valence-electron chi connectivity index (χ0n) is 34.1. The minimum atomic E-state index is -6.14. The van der Waals surface area contributed by atoms with E-state index in [9.17, 15) is 36.9 Å². The van der Waals surface area contributed by atoms with Crippen molar-refractivity contribution in [2.75, 3.05) is 0 Å². The molecule has 3 N–H and O–H groups in total. The maximum Gasteiger partial charge on any atom is 0.534 e. The summed E-state index contributed by atoms with van der Waals surface area (Å²) in [4.78, 5) is 0. The Bertz CT molecular complexity index is 2140. The van der Waals surface area contributed by atoms with Crippen molar-refractivity contribution < 1.29 is 41.1 Å². The number of rotatable bonds is 2. The van der Waals surface area contributed by atoms with Gasteiger partial charge in [0.15, 0.2) is 0 Å². The molecular formula is C45H55F3O6S. The number of hydrogen-bond acceptors (Lipinski definition) is 6. The summed E-state index contributed by atoms with van der Waals surface area (Å²) in [7, 11) is -6.14. The summed E-state index contributed by atoms with van der Waals surface area (Å²) in [6.45, 7) is 24.0. The molecule has 0 amide bonds. The minimum absolute atomic E-state index is 0.0393. The van der Waals surface area contributed by atoms with Gasteiger partial charge in [-0.2, -0.15) is 21.6 Å². The number of fused-ring (bicyclic) bond motifs is 8. The van der Waals surface area contributed by atoms with Gasteiger partial charge in [0.05, 0.1) is 0 Å². The Kier molecular flexibility index (Phi) is 10.5. The van der Waals surface area contributed by atoms with Crippen LogP contribution < -0.4 is 4.18 Å². The first-order chi connectivity index (χ1) is 24.9. The van der Waals surface area contributed by atoms with E-state index in [1.807, 2.05) is 86.6 Å². The topological polar surface area (TPSA) is 104 Å². The number of benzene rings is 4. The molecule has 0 aromatic heterocycles. The fraction of sp³-hybridized carbons (Fsp3) is 0.467. The maximum absolute atomic E-state index is 14.1. The third-order valence-electron chi connectivity index (χ3n) is 10.5. The molecule has 1 aliphatic rings. The van der Waals surface area contributed by atoms with Crippen molar-refractivity contribution in [1.82, 2.24) is 0 Å². The van der Waals surface area contributed by atoms with Gasteiger partial charge in [0, 0.05) is 36.8 Å². The maximum atomic E-state index is 14.1. The van der Waals surface area contributed by atoms with E-state index in [1.165, 1.54) is 0 Å². The molecular weight excluding hydrogens is 726 g/mol. The SMILES string of the molecule is CC(C)(C)c1cc2c(O)c(c1)Cc1cc(C(C)(C)C)cc(c1O)Cc1cc(C(C)(C)C)cc(c1OS(=O)(=O)C(F)(F)F)Cc1cc(C(C)(C)C)cc(c1O)C2. The van der Waals surface area contributed by atoms with Crippen molar-refractivity contribution in [3.63, 3.8) is 0 Å². The zero-order valence-corrected chi connectivity index (χ0v) is 34.9. The molecule has 0 heterocycles. The van der Waals surface area contributed by atoms with Crippen LogP contribution in [0.5, 0.6) is 23.0 Å². The van der Waals surface area contributed by atoms with Crippen molar-refractivity contribution in [1.29, 1.82) is 0 Å². The van der Waals surface area contributed by atoms with Crippen molar-refractivity contribution in [2.24, 2.45) is 0 Å². The quantitative estimate of drug-likeness (QED) is 0.122. The van der Waals surface area contributed by atoms with E-state index in [2.05, 4.69) is 20.8 Å². The molecule has 10 heteroatoms. The Morgan fingerprint density at radius 1 is 0.436 bits per heavy atom. The normalized spacial score (nSPS) is 14.5. The molecule has 0 spiro atoms. The highest BCUT2D eigenvalue weighted by atomic mass is 32.2. The second kappa shape index (κ2) is 13.8. The van der Waals surface area contributed by atoms with Crippen LogP contribution >= 0.6 is 0 Å². The lowest BCUT2D eigenvalue weighted by Crippen LogP contribution is -2.29. The number of halogens is 3. The largest absolute Gasteiger partial charge is 0.534 e. The van der Waals surface area contributed by atoms with Gasteiger partial charge in [-0.25, -0.2) is 0 Å². The van der Waals surface area contributed by atoms with Gasteiger partial charge < -0.3 is 19.5 Å². The third kappa shape index (κ3) is 8.79. The summed E-state index contributed by atoms with van der Waals surface area (Å²) in [6, 6.07) is 14.4. The lowest BCUT2D eigenvalue weighted by Gasteiger charge is -2.27. The van der Waals surface area contributed by atoms with E-state index in [4.69, 9.17) is 4.18 Å². The third-order valence-corrected chi connectivity index (χ3v) is 11.5. The smallest absolute Gasteiger partial charge is 0.507 e. The second-order valence-electron chi connectivity index (χ2n) is 19.2. The van der Waals surface area contributed by atoms with E-state index in [1.54, 1.807) is 24.3 Å². The van der Waals surface area contributed by atoms with Crippen molar-refractivity contribution >= 4 is 10.1 Å². The molecule has 55 heavy (non-hydrogen) atoms. The van der Waals surface area contributed by atoms with E-state index in [0.717, 1.165) is 16.7 Å². The van der Waals surface area contributed by atoms with E-state index >= 15 is 0 Å². The first-order valence-electron chi connectivity index (χ1n) is 18.6. The van der Waals surface area contributed by atoms with Crippen molar-refractivity contribution in [3.05, 3.63) is 115 Å². The highest BCUT2D eigenvalue weighted by Gasteiger charge is 2.49. The molecule has 298 valence electrons. The van der Waals surface area contributed by atoms with Crippen LogP contribution in [-0.2, 0) is 57.5 Å². The van der Waals surface area contributed by atoms with Gasteiger partial charge in [-0.05, 0) is 77.3 Å². The first kappa shape index (κ1) is 42.0. The van der Waals surface area contributed by atoms with Gasteiger partial charge >= 0.3 is 15.6 Å². The fourth-order valence-corrected chi connectivity index (χ4v) is 7.45. The Labute approximate surface area is 324 Å². The van der Waals surface area contributed by atoms with Crippen LogP contribution in [0.3, 0.4) is 0 Å². The first-order valence-corrected chi connectivity index (χ1v) is 20.0. The summed E-state index contributed by atoms with van der Waals surface area (Å²) >= 11 is 0. The monoisotopic (exact) mass is 780 g/mol. The summed E-state index contributed by atoms with van der Waals surface area (Å²) in [5, 5.41) is 36.0. The molecule has 0 saturated carbocycles. The van der Waals surface area contributed by atoms with Crippen LogP contribution in [-0.4, -0.2) is 29.2 Å². The molecule has 4 aromatic carbocycles. The predicted octanol–water partition coefficient (Wildman–Crippen LogP) is 10.9. The van der Waals surface area contributed by atoms with Crippen molar-refractivity contribution in [2.45, 2.75) is 136 Å². The molecule has 0 fully saturated rings. The molecule has 8 bridgehead atoms. The van der Waals surface area contributed by atoms with E-state index < -0.39 is 37.6 Å². The molecule has 0 unspecified atom stereocenters. The van der Waals surface area contributed by atoms with Gasteiger partial charge in [0.1, 0.15) is 23.0 Å². The molecule has 6 nitrogen and oxygen atoms in total. The van der Waals surface area contributed by atoms with Gasteiger partial charge in [-0.1, -0.05) is 132 Å². The highest BCUT2D eigenvalue weighted by Crippen LogP contribution is 2.44. The number of aromatic hydroxyl groups is 3. The van der Waals surface area contributed by atoms with Gasteiger partial charge in [-0.15, -0.1) is 0 Å². The lowest BCUT2D eigenvalue weighted by molar-refractivity contribution is -0.0500. The molecule has 1 aliphatic carbocycles. The molecule has 0 saturated heterocycles. The zero-order chi connectivity index (χ0) is 41.4.